The van der Waals surface area contributed by atoms with Gasteiger partial charge in [0.2, 0.25) is 0 Å². The molecule has 0 atom stereocenters. The summed E-state index contributed by atoms with van der Waals surface area (Å²) in [6.07, 6.45) is 15.8. The van der Waals surface area contributed by atoms with Crippen molar-refractivity contribution >= 4 is 11.6 Å². The Bertz CT molecular complexity index is 457. The molecular weight excluding hydrogens is 412 g/mol. The number of hydrogen-bond acceptors (Lipinski definition) is 7. The Labute approximate surface area is 185 Å². The molecule has 0 saturated heterocycles. The van der Waals surface area contributed by atoms with Crippen molar-refractivity contribution in [2.45, 2.75) is 0 Å². The Balaban J connectivity index is 4.19. The molecule has 0 rings (SSSR count). The Kier molecular flexibility index (Phi) is 21.4. The van der Waals surface area contributed by atoms with Crippen LogP contribution < -0.4 is 0 Å². The second-order valence-electron chi connectivity index (χ2n) is 6.17. The minimum Gasteiger partial charge on any atom is -0.378 e. The van der Waals surface area contributed by atoms with Gasteiger partial charge in [-0.15, -0.1) is 30.9 Å². The summed E-state index contributed by atoms with van der Waals surface area (Å²) in [6, 6.07) is 0. The molecule has 0 radical (unpaired) electrons. The average molecular weight is 445 g/mol. The van der Waals surface area contributed by atoms with Crippen molar-refractivity contribution < 1.29 is 33.2 Å². The van der Waals surface area contributed by atoms with Crippen molar-refractivity contribution in [3.8, 4) is 37.0 Å². The molecule has 0 aliphatic carbocycles. The van der Waals surface area contributed by atoms with Gasteiger partial charge >= 0.3 is 0 Å². The van der Waals surface area contributed by atoms with E-state index in [0.29, 0.717) is 58.7 Å². The SMILES string of the molecule is C#CCOCC(COCC#C)(COCC#C)COCCOCCOCCOCCCl. The molecule has 0 aliphatic rings. The third kappa shape index (κ3) is 17.5. The number of alkyl halides is 1. The fourth-order valence-electron chi connectivity index (χ4n) is 2.23. The van der Waals surface area contributed by atoms with Crippen LogP contribution in [-0.4, -0.2) is 98.4 Å². The van der Waals surface area contributed by atoms with Gasteiger partial charge in [0.15, 0.2) is 0 Å². The molecule has 7 nitrogen and oxygen atoms in total. The molecule has 0 fully saturated rings. The highest BCUT2D eigenvalue weighted by Crippen LogP contribution is 2.20. The molecular formula is C22H33ClO7. The van der Waals surface area contributed by atoms with E-state index in [4.69, 9.17) is 64.0 Å². The van der Waals surface area contributed by atoms with Crippen LogP contribution in [0.5, 0.6) is 0 Å². The van der Waals surface area contributed by atoms with Crippen LogP contribution in [-0.2, 0) is 33.2 Å². The van der Waals surface area contributed by atoms with Gasteiger partial charge in [0, 0.05) is 5.88 Å². The van der Waals surface area contributed by atoms with E-state index in [9.17, 15) is 0 Å². The van der Waals surface area contributed by atoms with Crippen LogP contribution in [0.4, 0.5) is 0 Å². The van der Waals surface area contributed by atoms with Gasteiger partial charge in [-0.1, -0.05) is 17.8 Å². The van der Waals surface area contributed by atoms with Gasteiger partial charge in [-0.25, -0.2) is 0 Å². The lowest BCUT2D eigenvalue weighted by Crippen LogP contribution is -2.42. The zero-order chi connectivity index (χ0) is 22.2. The van der Waals surface area contributed by atoms with E-state index in [-0.39, 0.29) is 39.6 Å². The van der Waals surface area contributed by atoms with Crippen LogP contribution in [0.3, 0.4) is 0 Å². The second kappa shape index (κ2) is 22.4. The first kappa shape index (κ1) is 28.7. The van der Waals surface area contributed by atoms with E-state index < -0.39 is 5.41 Å². The standard InChI is InChI=1S/C22H33ClO7/c1-4-8-27-18-22(19-28-9-5-2,20-29-10-6-3)21-30-17-16-26-15-14-25-13-12-24-11-7-23/h1-3H,7-21H2. The van der Waals surface area contributed by atoms with E-state index >= 15 is 0 Å². The zero-order valence-electron chi connectivity index (χ0n) is 17.6. The maximum absolute atomic E-state index is 5.77. The van der Waals surface area contributed by atoms with Crippen molar-refractivity contribution in [3.63, 3.8) is 0 Å². The third-order valence-corrected chi connectivity index (χ3v) is 3.68. The molecule has 0 amide bonds. The summed E-state index contributed by atoms with van der Waals surface area (Å²) in [5.74, 6) is 7.78. The summed E-state index contributed by atoms with van der Waals surface area (Å²) in [5, 5.41) is 0. The number of hydrogen-bond donors (Lipinski definition) is 0. The summed E-state index contributed by atoms with van der Waals surface area (Å²) in [4.78, 5) is 0. The summed E-state index contributed by atoms with van der Waals surface area (Å²) in [7, 11) is 0. The van der Waals surface area contributed by atoms with Crippen LogP contribution >= 0.6 is 11.6 Å². The first-order chi connectivity index (χ1) is 14.7. The van der Waals surface area contributed by atoms with Crippen molar-refractivity contribution in [2.24, 2.45) is 5.41 Å². The zero-order valence-corrected chi connectivity index (χ0v) is 18.3. The first-order valence-corrected chi connectivity index (χ1v) is 10.2. The molecule has 0 bridgehead atoms. The lowest BCUT2D eigenvalue weighted by Gasteiger charge is -2.32. The Morgan fingerprint density at radius 3 is 1.20 bits per heavy atom. The van der Waals surface area contributed by atoms with Gasteiger partial charge in [0.1, 0.15) is 19.8 Å². The highest BCUT2D eigenvalue weighted by Gasteiger charge is 2.32. The molecule has 8 heteroatoms. The lowest BCUT2D eigenvalue weighted by atomic mass is 9.92. The Hall–Kier alpha value is -1.31. The Morgan fingerprint density at radius 1 is 0.500 bits per heavy atom. The smallest absolute Gasteiger partial charge is 0.107 e. The molecule has 0 heterocycles. The normalized spacial score (nSPS) is 11.0. The van der Waals surface area contributed by atoms with Gasteiger partial charge in [-0.3, -0.25) is 0 Å². The second-order valence-corrected chi connectivity index (χ2v) is 6.55. The van der Waals surface area contributed by atoms with Crippen LogP contribution in [0.2, 0.25) is 0 Å². The quantitative estimate of drug-likeness (QED) is 0.141. The summed E-state index contributed by atoms with van der Waals surface area (Å²) in [6.45, 7) is 4.98. The van der Waals surface area contributed by atoms with Crippen LogP contribution in [0.15, 0.2) is 0 Å². The molecule has 30 heavy (non-hydrogen) atoms. The fraction of sp³-hybridized carbons (Fsp3) is 0.727. The molecule has 0 saturated carbocycles. The topological polar surface area (TPSA) is 64.6 Å². The van der Waals surface area contributed by atoms with E-state index in [1.165, 1.54) is 0 Å². The fourth-order valence-corrected chi connectivity index (χ4v) is 2.34. The molecule has 0 aromatic heterocycles. The molecule has 0 aromatic carbocycles. The van der Waals surface area contributed by atoms with Crippen LogP contribution in [0.25, 0.3) is 0 Å². The minimum atomic E-state index is -0.587. The predicted octanol–water partition coefficient (Wildman–Crippen LogP) is 1.23. The van der Waals surface area contributed by atoms with Gasteiger partial charge in [-0.05, 0) is 0 Å². The highest BCUT2D eigenvalue weighted by molar-refractivity contribution is 6.17. The summed E-state index contributed by atoms with van der Waals surface area (Å²) >= 11 is 5.51. The van der Waals surface area contributed by atoms with Crippen molar-refractivity contribution in [1.82, 2.24) is 0 Å². The maximum Gasteiger partial charge on any atom is 0.107 e. The highest BCUT2D eigenvalue weighted by atomic mass is 35.5. The molecule has 0 aliphatic heterocycles. The largest absolute Gasteiger partial charge is 0.378 e. The monoisotopic (exact) mass is 444 g/mol. The van der Waals surface area contributed by atoms with Crippen molar-refractivity contribution in [3.05, 3.63) is 0 Å². The average Bonchev–Trinajstić information content (AvgIpc) is 2.75. The third-order valence-electron chi connectivity index (χ3n) is 3.53. The van der Waals surface area contributed by atoms with Crippen LogP contribution in [0, 0.1) is 42.4 Å². The van der Waals surface area contributed by atoms with Crippen molar-refractivity contribution in [2.75, 3.05) is 98.4 Å². The molecule has 170 valence electrons. The molecule has 0 unspecified atom stereocenters. The van der Waals surface area contributed by atoms with Crippen molar-refractivity contribution in [1.29, 1.82) is 0 Å². The number of terminal acetylenes is 3. The summed E-state index contributed by atoms with van der Waals surface area (Å²) in [5.41, 5.74) is -0.587. The predicted molar refractivity (Wildman–Crippen MR) is 115 cm³/mol. The molecule has 0 aromatic rings. The first-order valence-electron chi connectivity index (χ1n) is 9.65. The van der Waals surface area contributed by atoms with Gasteiger partial charge < -0.3 is 33.2 Å². The van der Waals surface area contributed by atoms with Gasteiger partial charge in [0.05, 0.1) is 78.1 Å². The van der Waals surface area contributed by atoms with E-state index in [1.54, 1.807) is 0 Å². The lowest BCUT2D eigenvalue weighted by molar-refractivity contribution is -0.102. The van der Waals surface area contributed by atoms with E-state index in [0.717, 1.165) is 0 Å². The summed E-state index contributed by atoms with van der Waals surface area (Å²) < 4.78 is 38.4. The Morgan fingerprint density at radius 2 is 0.833 bits per heavy atom. The van der Waals surface area contributed by atoms with Gasteiger partial charge in [0.25, 0.3) is 0 Å². The van der Waals surface area contributed by atoms with E-state index in [2.05, 4.69) is 17.8 Å². The number of rotatable bonds is 22. The minimum absolute atomic E-state index is 0.173. The number of halogens is 1. The molecule has 0 N–H and O–H groups in total. The van der Waals surface area contributed by atoms with E-state index in [1.807, 2.05) is 0 Å². The van der Waals surface area contributed by atoms with Crippen LogP contribution in [0.1, 0.15) is 0 Å². The maximum atomic E-state index is 5.77. The van der Waals surface area contributed by atoms with Gasteiger partial charge in [-0.2, -0.15) is 0 Å². The molecule has 0 spiro atoms. The number of ether oxygens (including phenoxy) is 7.